The molecule has 0 radical (unpaired) electrons. The molecular formula is C13H12O5. The molecular weight excluding hydrogens is 236 g/mol. The normalized spacial score (nSPS) is 13.3. The Hall–Kier alpha value is -2.17. The lowest BCUT2D eigenvalue weighted by atomic mass is 9.94. The fraction of sp³-hybridized carbons (Fsp3) is 0.308. The second-order valence-electron chi connectivity index (χ2n) is 4.01. The zero-order valence-corrected chi connectivity index (χ0v) is 10.3. The molecule has 0 saturated heterocycles. The van der Waals surface area contributed by atoms with Crippen LogP contribution in [0.3, 0.4) is 0 Å². The third-order valence-electron chi connectivity index (χ3n) is 2.86. The van der Waals surface area contributed by atoms with E-state index < -0.39 is 17.9 Å². The summed E-state index contributed by atoms with van der Waals surface area (Å²) < 4.78 is 9.47. The van der Waals surface area contributed by atoms with Gasteiger partial charge < -0.3 is 9.47 Å². The minimum atomic E-state index is -0.710. The van der Waals surface area contributed by atoms with Gasteiger partial charge in [-0.05, 0) is 38.0 Å². The van der Waals surface area contributed by atoms with Crippen molar-refractivity contribution in [1.82, 2.24) is 0 Å². The zero-order chi connectivity index (χ0) is 13.4. The van der Waals surface area contributed by atoms with Gasteiger partial charge in [-0.2, -0.15) is 0 Å². The van der Waals surface area contributed by atoms with Crippen LogP contribution in [0.4, 0.5) is 0 Å². The fourth-order valence-electron chi connectivity index (χ4n) is 2.12. The van der Waals surface area contributed by atoms with Gasteiger partial charge in [0.25, 0.3) is 0 Å². The maximum Gasteiger partial charge on any atom is 0.347 e. The lowest BCUT2D eigenvalue weighted by Gasteiger charge is -2.10. The van der Waals surface area contributed by atoms with Crippen LogP contribution >= 0.6 is 0 Å². The summed E-state index contributed by atoms with van der Waals surface area (Å²) in [6.45, 7) is 5.25. The number of hydrogen-bond acceptors (Lipinski definition) is 5. The Morgan fingerprint density at radius 1 is 1.28 bits per heavy atom. The summed E-state index contributed by atoms with van der Waals surface area (Å²) in [5, 5.41) is 0. The molecule has 0 spiro atoms. The molecule has 1 aliphatic rings. The van der Waals surface area contributed by atoms with Crippen molar-refractivity contribution in [2.45, 2.75) is 20.8 Å². The Kier molecular flexibility index (Phi) is 2.90. The fourth-order valence-corrected chi connectivity index (χ4v) is 2.12. The molecule has 1 aromatic rings. The number of rotatable bonds is 2. The molecule has 0 saturated carbocycles. The summed E-state index contributed by atoms with van der Waals surface area (Å²) >= 11 is 0. The molecule has 0 aliphatic carbocycles. The lowest BCUT2D eigenvalue weighted by Crippen LogP contribution is -2.12. The number of hydrogen-bond donors (Lipinski definition) is 0. The lowest BCUT2D eigenvalue weighted by molar-refractivity contribution is 0.0442. The number of benzene rings is 1. The Morgan fingerprint density at radius 3 is 2.56 bits per heavy atom. The topological polar surface area (TPSA) is 69.7 Å². The first-order valence-corrected chi connectivity index (χ1v) is 5.55. The van der Waals surface area contributed by atoms with Gasteiger partial charge in [0.15, 0.2) is 0 Å². The molecule has 0 aromatic heterocycles. The molecule has 1 heterocycles. The molecule has 0 unspecified atom stereocenters. The Morgan fingerprint density at radius 2 is 1.94 bits per heavy atom. The number of cyclic esters (lactones) is 2. The molecule has 5 heteroatoms. The van der Waals surface area contributed by atoms with Crippen molar-refractivity contribution in [3.8, 4) is 0 Å². The number of carbonyl (C=O) groups is 3. The largest absolute Gasteiger partial charge is 0.462 e. The molecule has 18 heavy (non-hydrogen) atoms. The van der Waals surface area contributed by atoms with Crippen LogP contribution in [0.1, 0.15) is 49.1 Å². The second kappa shape index (κ2) is 4.25. The van der Waals surface area contributed by atoms with E-state index >= 15 is 0 Å². The third kappa shape index (κ3) is 1.68. The van der Waals surface area contributed by atoms with Crippen molar-refractivity contribution >= 4 is 17.9 Å². The third-order valence-corrected chi connectivity index (χ3v) is 2.86. The molecule has 1 aliphatic heterocycles. The first-order chi connectivity index (χ1) is 8.47. The van der Waals surface area contributed by atoms with Gasteiger partial charge in [-0.3, -0.25) is 0 Å². The summed E-state index contributed by atoms with van der Waals surface area (Å²) in [6, 6.07) is 1.49. The monoisotopic (exact) mass is 248 g/mol. The van der Waals surface area contributed by atoms with Gasteiger partial charge in [0.1, 0.15) is 0 Å². The number of ether oxygens (including phenoxy) is 2. The molecule has 0 N–H and O–H groups in total. The Labute approximate surface area is 104 Å². The highest BCUT2D eigenvalue weighted by Crippen LogP contribution is 2.29. The van der Waals surface area contributed by atoms with Crippen LogP contribution in [0.25, 0.3) is 0 Å². The molecule has 0 atom stereocenters. The van der Waals surface area contributed by atoms with E-state index in [9.17, 15) is 14.4 Å². The van der Waals surface area contributed by atoms with Crippen molar-refractivity contribution in [3.63, 3.8) is 0 Å². The van der Waals surface area contributed by atoms with Crippen LogP contribution in [0.2, 0.25) is 0 Å². The molecule has 1 aromatic carbocycles. The van der Waals surface area contributed by atoms with E-state index in [1.165, 1.54) is 6.07 Å². The molecule has 0 fully saturated rings. The molecule has 0 amide bonds. The van der Waals surface area contributed by atoms with Gasteiger partial charge >= 0.3 is 17.9 Å². The van der Waals surface area contributed by atoms with Crippen molar-refractivity contribution in [2.75, 3.05) is 6.61 Å². The molecule has 94 valence electrons. The van der Waals surface area contributed by atoms with Crippen LogP contribution in [-0.2, 0) is 9.47 Å². The highest BCUT2D eigenvalue weighted by atomic mass is 16.6. The van der Waals surface area contributed by atoms with Crippen LogP contribution in [0.5, 0.6) is 0 Å². The minimum Gasteiger partial charge on any atom is -0.462 e. The predicted molar refractivity (Wildman–Crippen MR) is 61.6 cm³/mol. The van der Waals surface area contributed by atoms with E-state index in [1.807, 2.05) is 0 Å². The smallest absolute Gasteiger partial charge is 0.347 e. The quantitative estimate of drug-likeness (QED) is 0.589. The van der Waals surface area contributed by atoms with E-state index in [2.05, 4.69) is 4.74 Å². The first-order valence-electron chi connectivity index (χ1n) is 5.55. The predicted octanol–water partition coefficient (Wildman–Crippen LogP) is 1.79. The van der Waals surface area contributed by atoms with Gasteiger partial charge in [-0.25, -0.2) is 14.4 Å². The number of aryl methyl sites for hydroxylation is 1. The van der Waals surface area contributed by atoms with E-state index in [-0.39, 0.29) is 17.7 Å². The average molecular weight is 248 g/mol. The van der Waals surface area contributed by atoms with Crippen molar-refractivity contribution in [2.24, 2.45) is 0 Å². The average Bonchev–Trinajstić information content (AvgIpc) is 2.54. The van der Waals surface area contributed by atoms with E-state index in [4.69, 9.17) is 4.74 Å². The molecule has 0 bridgehead atoms. The standard InChI is InChI=1S/C13H12O5/c1-4-17-12(15)9-6(2)5-8-10(7(9)3)13(16)18-11(8)14/h5H,4H2,1-3H3. The summed E-state index contributed by atoms with van der Waals surface area (Å²) in [4.78, 5) is 34.8. The maximum absolute atomic E-state index is 11.8. The van der Waals surface area contributed by atoms with Gasteiger partial charge in [0.2, 0.25) is 0 Å². The van der Waals surface area contributed by atoms with Crippen LogP contribution < -0.4 is 0 Å². The minimum absolute atomic E-state index is 0.161. The Bertz CT molecular complexity index is 571. The van der Waals surface area contributed by atoms with Crippen molar-refractivity contribution in [3.05, 3.63) is 33.9 Å². The van der Waals surface area contributed by atoms with Crippen LogP contribution in [-0.4, -0.2) is 24.5 Å². The van der Waals surface area contributed by atoms with Crippen LogP contribution in [0, 0.1) is 13.8 Å². The number of carbonyl (C=O) groups excluding carboxylic acids is 3. The van der Waals surface area contributed by atoms with Gasteiger partial charge in [-0.1, -0.05) is 0 Å². The van der Waals surface area contributed by atoms with Gasteiger partial charge in [0.05, 0.1) is 23.3 Å². The number of esters is 3. The van der Waals surface area contributed by atoms with Gasteiger partial charge in [-0.15, -0.1) is 0 Å². The zero-order valence-electron chi connectivity index (χ0n) is 10.3. The summed E-state index contributed by atoms with van der Waals surface area (Å²) in [7, 11) is 0. The maximum atomic E-state index is 11.8. The van der Waals surface area contributed by atoms with Crippen LogP contribution in [0.15, 0.2) is 6.07 Å². The second-order valence-corrected chi connectivity index (χ2v) is 4.01. The summed E-state index contributed by atoms with van der Waals surface area (Å²) in [6.07, 6.45) is 0. The number of fused-ring (bicyclic) bond motifs is 1. The highest BCUT2D eigenvalue weighted by molar-refractivity contribution is 6.17. The SMILES string of the molecule is CCOC(=O)c1c(C)cc2c(c1C)C(=O)OC2=O. The first kappa shape index (κ1) is 12.3. The summed E-state index contributed by atoms with van der Waals surface area (Å²) in [5.41, 5.74) is 1.72. The Balaban J connectivity index is 2.65. The highest BCUT2D eigenvalue weighted by Gasteiger charge is 2.34. The van der Waals surface area contributed by atoms with Gasteiger partial charge in [0, 0.05) is 0 Å². The molecule has 2 rings (SSSR count). The summed E-state index contributed by atoms with van der Waals surface area (Å²) in [5.74, 6) is -1.88. The van der Waals surface area contributed by atoms with E-state index in [1.54, 1.807) is 20.8 Å². The van der Waals surface area contributed by atoms with E-state index in [0.29, 0.717) is 16.7 Å². The van der Waals surface area contributed by atoms with E-state index in [0.717, 1.165) is 0 Å². The van der Waals surface area contributed by atoms with Crippen molar-refractivity contribution < 1.29 is 23.9 Å². The van der Waals surface area contributed by atoms with Crippen molar-refractivity contribution in [1.29, 1.82) is 0 Å². The molecule has 5 nitrogen and oxygen atoms in total.